The molecule has 0 bridgehead atoms. The first-order valence-corrected chi connectivity index (χ1v) is 5.31. The fourth-order valence-corrected chi connectivity index (χ4v) is 0.935. The zero-order valence-corrected chi connectivity index (χ0v) is 8.75. The molecule has 0 heterocycles. The summed E-state index contributed by atoms with van der Waals surface area (Å²) < 4.78 is 0. The number of carbonyl (C=O) groups is 1. The van der Waals surface area contributed by atoms with Crippen molar-refractivity contribution in [1.29, 1.82) is 0 Å². The Morgan fingerprint density at radius 3 is 2.27 bits per heavy atom. The molecule has 0 fully saturated rings. The van der Waals surface area contributed by atoms with Gasteiger partial charge >= 0.3 is 0 Å². The fraction of sp³-hybridized carbons (Fsp3) is 0.875. The zero-order chi connectivity index (χ0) is 9.11. The Bertz CT molecular complexity index is 86.2. The fourth-order valence-electron chi connectivity index (χ4n) is 0.443. The molecule has 0 saturated carbocycles. The third-order valence-corrected chi connectivity index (χ3v) is 1.69. The van der Waals surface area contributed by atoms with E-state index in [1.165, 1.54) is 0 Å². The van der Waals surface area contributed by atoms with Crippen molar-refractivity contribution < 1.29 is 4.79 Å². The third-order valence-electron chi connectivity index (χ3n) is 0.811. The summed E-state index contributed by atoms with van der Waals surface area (Å²) in [6.45, 7) is 8.71. The maximum atomic E-state index is 10.7. The molecule has 0 aliphatic carbocycles. The second kappa shape index (κ2) is 12.5. The van der Waals surface area contributed by atoms with Gasteiger partial charge in [-0.25, -0.2) is 0 Å². The minimum Gasteiger partial charge on any atom is -0.356 e. The Kier molecular flexibility index (Phi) is 15.2. The first-order chi connectivity index (χ1) is 5.31. The van der Waals surface area contributed by atoms with Gasteiger partial charge in [-0.2, -0.15) is 11.8 Å². The SMILES string of the molecule is CC.CCNC(=O)CSCC. The van der Waals surface area contributed by atoms with Gasteiger partial charge in [0, 0.05) is 6.54 Å². The molecular weight excluding hydrogens is 158 g/mol. The van der Waals surface area contributed by atoms with Crippen molar-refractivity contribution in [3.63, 3.8) is 0 Å². The highest BCUT2D eigenvalue weighted by atomic mass is 32.2. The van der Waals surface area contributed by atoms with E-state index >= 15 is 0 Å². The van der Waals surface area contributed by atoms with Crippen molar-refractivity contribution in [2.24, 2.45) is 0 Å². The van der Waals surface area contributed by atoms with Crippen LogP contribution in [0.4, 0.5) is 0 Å². The average Bonchev–Trinajstić information content (AvgIpc) is 2.05. The Morgan fingerprint density at radius 2 is 1.91 bits per heavy atom. The van der Waals surface area contributed by atoms with Gasteiger partial charge in [-0.3, -0.25) is 4.79 Å². The van der Waals surface area contributed by atoms with Gasteiger partial charge in [-0.15, -0.1) is 0 Å². The lowest BCUT2D eigenvalue weighted by molar-refractivity contribution is -0.118. The summed E-state index contributed by atoms with van der Waals surface area (Å²) in [5, 5.41) is 2.72. The lowest BCUT2D eigenvalue weighted by Crippen LogP contribution is -2.24. The van der Waals surface area contributed by atoms with Crippen molar-refractivity contribution in [2.75, 3.05) is 18.1 Å². The first kappa shape index (κ1) is 13.4. The molecule has 1 amide bonds. The molecule has 0 unspecified atom stereocenters. The Labute approximate surface area is 74.1 Å². The van der Waals surface area contributed by atoms with Gasteiger partial charge in [-0.1, -0.05) is 20.8 Å². The van der Waals surface area contributed by atoms with E-state index in [0.717, 1.165) is 12.3 Å². The van der Waals surface area contributed by atoms with Crippen LogP contribution in [-0.4, -0.2) is 24.0 Å². The van der Waals surface area contributed by atoms with Crippen molar-refractivity contribution in [2.45, 2.75) is 27.7 Å². The maximum Gasteiger partial charge on any atom is 0.229 e. The molecule has 0 aromatic rings. The van der Waals surface area contributed by atoms with Crippen molar-refractivity contribution in [1.82, 2.24) is 5.32 Å². The van der Waals surface area contributed by atoms with Crippen LogP contribution in [-0.2, 0) is 4.79 Å². The lowest BCUT2D eigenvalue weighted by atomic mass is 10.6. The Morgan fingerprint density at radius 1 is 1.36 bits per heavy atom. The number of carbonyl (C=O) groups excluding carboxylic acids is 1. The van der Waals surface area contributed by atoms with E-state index in [0.29, 0.717) is 5.75 Å². The lowest BCUT2D eigenvalue weighted by Gasteiger charge is -1.98. The predicted octanol–water partition coefficient (Wildman–Crippen LogP) is 1.90. The normalized spacial score (nSPS) is 8.00. The molecule has 2 nitrogen and oxygen atoms in total. The summed E-state index contributed by atoms with van der Waals surface area (Å²) in [5.41, 5.74) is 0. The van der Waals surface area contributed by atoms with E-state index in [9.17, 15) is 4.79 Å². The van der Waals surface area contributed by atoms with Crippen LogP contribution in [0, 0.1) is 0 Å². The zero-order valence-electron chi connectivity index (χ0n) is 7.94. The van der Waals surface area contributed by atoms with Gasteiger partial charge < -0.3 is 5.32 Å². The largest absolute Gasteiger partial charge is 0.356 e. The van der Waals surface area contributed by atoms with Gasteiger partial charge in [0.1, 0.15) is 0 Å². The van der Waals surface area contributed by atoms with E-state index < -0.39 is 0 Å². The second-order valence-electron chi connectivity index (χ2n) is 1.59. The highest BCUT2D eigenvalue weighted by molar-refractivity contribution is 7.99. The molecule has 0 aromatic carbocycles. The molecule has 1 N–H and O–H groups in total. The summed E-state index contributed by atoms with van der Waals surface area (Å²) in [7, 11) is 0. The van der Waals surface area contributed by atoms with Gasteiger partial charge in [0.15, 0.2) is 0 Å². The third kappa shape index (κ3) is 12.9. The topological polar surface area (TPSA) is 29.1 Å². The highest BCUT2D eigenvalue weighted by Crippen LogP contribution is 1.95. The maximum absolute atomic E-state index is 10.7. The molecule has 0 aliphatic heterocycles. The van der Waals surface area contributed by atoms with E-state index in [1.807, 2.05) is 27.7 Å². The second-order valence-corrected chi connectivity index (χ2v) is 2.86. The highest BCUT2D eigenvalue weighted by Gasteiger charge is 1.95. The average molecular weight is 177 g/mol. The van der Waals surface area contributed by atoms with Crippen LogP contribution in [0.1, 0.15) is 27.7 Å². The van der Waals surface area contributed by atoms with E-state index in [2.05, 4.69) is 5.32 Å². The van der Waals surface area contributed by atoms with E-state index in [4.69, 9.17) is 0 Å². The molecule has 11 heavy (non-hydrogen) atoms. The smallest absolute Gasteiger partial charge is 0.229 e. The molecule has 0 aliphatic rings. The van der Waals surface area contributed by atoms with Crippen LogP contribution >= 0.6 is 11.8 Å². The molecule has 0 radical (unpaired) electrons. The molecule has 0 atom stereocenters. The van der Waals surface area contributed by atoms with Crippen LogP contribution in [0.2, 0.25) is 0 Å². The number of hydrogen-bond donors (Lipinski definition) is 1. The summed E-state index contributed by atoms with van der Waals surface area (Å²) >= 11 is 1.64. The molecule has 3 heteroatoms. The quantitative estimate of drug-likeness (QED) is 0.710. The van der Waals surface area contributed by atoms with Crippen LogP contribution in [0.25, 0.3) is 0 Å². The Hall–Kier alpha value is -0.180. The number of hydrogen-bond acceptors (Lipinski definition) is 2. The summed E-state index contributed by atoms with van der Waals surface area (Å²) in [6, 6.07) is 0. The number of nitrogens with one attached hydrogen (secondary N) is 1. The van der Waals surface area contributed by atoms with E-state index in [1.54, 1.807) is 11.8 Å². The van der Waals surface area contributed by atoms with Gasteiger partial charge in [-0.05, 0) is 12.7 Å². The minimum absolute atomic E-state index is 0.143. The van der Waals surface area contributed by atoms with Gasteiger partial charge in [0.25, 0.3) is 0 Å². The summed E-state index contributed by atoms with van der Waals surface area (Å²) in [5.74, 6) is 1.76. The Balaban J connectivity index is 0. The van der Waals surface area contributed by atoms with Crippen LogP contribution in [0.15, 0.2) is 0 Å². The van der Waals surface area contributed by atoms with E-state index in [-0.39, 0.29) is 5.91 Å². The summed E-state index contributed by atoms with van der Waals surface area (Å²) in [6.07, 6.45) is 0. The molecule has 0 aromatic heterocycles. The van der Waals surface area contributed by atoms with Crippen molar-refractivity contribution in [3.8, 4) is 0 Å². The number of amides is 1. The van der Waals surface area contributed by atoms with Crippen LogP contribution in [0.5, 0.6) is 0 Å². The predicted molar refractivity (Wildman–Crippen MR) is 53.0 cm³/mol. The molecular formula is C8H19NOS. The standard InChI is InChI=1S/C6H13NOS.C2H6/c1-3-7-6(8)5-9-4-2;1-2/h3-5H2,1-2H3,(H,7,8);1-2H3. The number of thioether (sulfide) groups is 1. The molecule has 0 spiro atoms. The van der Waals surface area contributed by atoms with Gasteiger partial charge in [0.05, 0.1) is 5.75 Å². The summed E-state index contributed by atoms with van der Waals surface area (Å²) in [4.78, 5) is 10.7. The van der Waals surface area contributed by atoms with Crippen LogP contribution < -0.4 is 5.32 Å². The molecule has 0 rings (SSSR count). The monoisotopic (exact) mass is 177 g/mol. The molecule has 0 saturated heterocycles. The van der Waals surface area contributed by atoms with Gasteiger partial charge in [0.2, 0.25) is 5.91 Å². The van der Waals surface area contributed by atoms with Crippen molar-refractivity contribution in [3.05, 3.63) is 0 Å². The number of rotatable bonds is 4. The van der Waals surface area contributed by atoms with Crippen LogP contribution in [0.3, 0.4) is 0 Å². The van der Waals surface area contributed by atoms with Crippen molar-refractivity contribution >= 4 is 17.7 Å². The minimum atomic E-state index is 0.143. The molecule has 68 valence electrons. The first-order valence-electron chi connectivity index (χ1n) is 4.15.